The smallest absolute Gasteiger partial charge is 0.665 e. The summed E-state index contributed by atoms with van der Waals surface area (Å²) in [6, 6.07) is 0. The molecule has 0 aromatic carbocycles. The van der Waals surface area contributed by atoms with Crippen LogP contribution in [0.25, 0.3) is 0 Å². The van der Waals surface area contributed by atoms with Crippen LogP contribution in [-0.2, 0) is 4.79 Å². The molecule has 0 unspecified atom stereocenters. The van der Waals surface area contributed by atoms with Gasteiger partial charge in [-0.05, 0) is 0 Å². The molecule has 0 aliphatic rings. The Hall–Kier alpha value is 1.03. The first-order valence-corrected chi connectivity index (χ1v) is 0.875. The van der Waals surface area contributed by atoms with Crippen molar-refractivity contribution >= 4 is 6.47 Å². The van der Waals surface area contributed by atoms with Crippen molar-refractivity contribution < 1.29 is 71.9 Å². The minimum Gasteiger partial charge on any atom is -0.665 e. The van der Waals surface area contributed by atoms with Gasteiger partial charge in [-0.1, -0.05) is 6.47 Å². The summed E-state index contributed by atoms with van der Waals surface area (Å²) in [5.41, 5.74) is 0. The van der Waals surface area contributed by atoms with Gasteiger partial charge in [-0.25, -0.2) is 0 Å². The van der Waals surface area contributed by atoms with Gasteiger partial charge in [-0.15, -0.1) is 0 Å². The molecule has 0 radical (unpaired) electrons. The third-order valence-electron chi connectivity index (χ3n) is 0. The maximum absolute atomic E-state index is 8.24. The van der Waals surface area contributed by atoms with Gasteiger partial charge in [0.1, 0.15) is 0 Å². The predicted octanol–water partition coefficient (Wildman–Crippen LogP) is -4.60. The summed E-state index contributed by atoms with van der Waals surface area (Å²) < 4.78 is 0. The molecule has 0 saturated heterocycles. The Morgan fingerprint density at radius 2 is 1.43 bits per heavy atom. The van der Waals surface area contributed by atoms with Crippen LogP contribution in [0.4, 0.5) is 0 Å². The fourth-order valence-corrected chi connectivity index (χ4v) is 0. The molecule has 0 aromatic rings. The Bertz CT molecular complexity index is 17.2. The Balaban J connectivity index is -0.0000000105. The standard InChI is InChI=1S/CHO2.CH4O.K.H2O/c2-1-3;1-2;;/h(H,2,3);2H,1H3;;1H2/q-1;;+1;. The van der Waals surface area contributed by atoms with Gasteiger partial charge in [-0.3, -0.25) is 0 Å². The number of hydrogen-bond acceptors (Lipinski definition) is 2. The van der Waals surface area contributed by atoms with Gasteiger partial charge >= 0.3 is 51.4 Å². The van der Waals surface area contributed by atoms with E-state index in [-0.39, 0.29) is 56.9 Å². The summed E-state index contributed by atoms with van der Waals surface area (Å²) in [7, 11) is 1.00. The van der Waals surface area contributed by atoms with Gasteiger partial charge in [0.2, 0.25) is 0 Å². The first-order chi connectivity index (χ1) is 2.41. The van der Waals surface area contributed by atoms with Gasteiger partial charge in [-0.2, -0.15) is 0 Å². The fourth-order valence-electron chi connectivity index (χ4n) is 0. The zero-order valence-electron chi connectivity index (χ0n) is 4.30. The average molecular weight is 134 g/mol. The molecular formula is C2H7KO4. The van der Waals surface area contributed by atoms with Crippen molar-refractivity contribution in [2.45, 2.75) is 0 Å². The van der Waals surface area contributed by atoms with Crippen LogP contribution >= 0.6 is 0 Å². The monoisotopic (exact) mass is 134 g/mol. The van der Waals surface area contributed by atoms with E-state index in [4.69, 9.17) is 15.0 Å². The van der Waals surface area contributed by atoms with Gasteiger partial charge in [0.25, 0.3) is 0 Å². The first kappa shape index (κ1) is 24.4. The number of rotatable bonds is 0. The number of aliphatic hydroxyl groups is 1. The summed E-state index contributed by atoms with van der Waals surface area (Å²) in [6.45, 7) is 0.500. The van der Waals surface area contributed by atoms with E-state index in [1.807, 2.05) is 0 Å². The van der Waals surface area contributed by atoms with Crippen molar-refractivity contribution in [2.24, 2.45) is 0 Å². The largest absolute Gasteiger partial charge is 1.00 e. The second-order valence-electron chi connectivity index (χ2n) is 0.0913. The van der Waals surface area contributed by atoms with Gasteiger partial charge in [0, 0.05) is 7.11 Å². The molecule has 0 heterocycles. The molecule has 4 nitrogen and oxygen atoms in total. The maximum atomic E-state index is 8.24. The van der Waals surface area contributed by atoms with E-state index >= 15 is 0 Å². The molecule has 0 bridgehead atoms. The summed E-state index contributed by atoms with van der Waals surface area (Å²) in [6.07, 6.45) is 0. The summed E-state index contributed by atoms with van der Waals surface area (Å²) in [4.78, 5) is 8.24. The van der Waals surface area contributed by atoms with Crippen LogP contribution in [-0.4, -0.2) is 29.3 Å². The third-order valence-corrected chi connectivity index (χ3v) is 0. The van der Waals surface area contributed by atoms with Crippen molar-refractivity contribution in [2.75, 3.05) is 7.11 Å². The summed E-state index contributed by atoms with van der Waals surface area (Å²) >= 11 is 0. The average Bonchev–Trinajstić information content (AvgIpc) is 1.46. The van der Waals surface area contributed by atoms with E-state index in [1.54, 1.807) is 0 Å². The summed E-state index contributed by atoms with van der Waals surface area (Å²) in [5, 5.41) is 13.8. The maximum Gasteiger partial charge on any atom is 1.00 e. The normalized spacial score (nSPS) is 2.57. The Kier molecular flexibility index (Phi) is 217. The Morgan fingerprint density at radius 3 is 1.43 bits per heavy atom. The SMILES string of the molecule is CO.O.O=[C-]O.[K+]. The van der Waals surface area contributed by atoms with E-state index in [0.29, 0.717) is 6.47 Å². The van der Waals surface area contributed by atoms with Crippen molar-refractivity contribution in [1.82, 2.24) is 0 Å². The predicted molar refractivity (Wildman–Crippen MR) is 20.1 cm³/mol. The molecule has 0 atom stereocenters. The Labute approximate surface area is 84.3 Å². The zero-order valence-corrected chi connectivity index (χ0v) is 7.43. The molecule has 0 amide bonds. The molecule has 0 aliphatic heterocycles. The van der Waals surface area contributed by atoms with Crippen LogP contribution in [0.5, 0.6) is 0 Å². The minimum absolute atomic E-state index is 0. The molecule has 7 heavy (non-hydrogen) atoms. The van der Waals surface area contributed by atoms with E-state index in [1.165, 1.54) is 0 Å². The van der Waals surface area contributed by atoms with Crippen LogP contribution in [0.1, 0.15) is 0 Å². The van der Waals surface area contributed by atoms with Crippen LogP contribution in [0, 0.1) is 0 Å². The topological polar surface area (TPSA) is 89.0 Å². The van der Waals surface area contributed by atoms with Crippen molar-refractivity contribution in [3.8, 4) is 0 Å². The summed E-state index contributed by atoms with van der Waals surface area (Å²) in [5.74, 6) is 0. The van der Waals surface area contributed by atoms with Gasteiger partial charge in [0.05, 0.1) is 0 Å². The van der Waals surface area contributed by atoms with Crippen molar-refractivity contribution in [1.29, 1.82) is 0 Å². The fraction of sp³-hybridized carbons (Fsp3) is 0.500. The van der Waals surface area contributed by atoms with Crippen molar-refractivity contribution in [3.63, 3.8) is 0 Å². The first-order valence-electron chi connectivity index (χ1n) is 0.875. The zero-order chi connectivity index (χ0) is 4.71. The molecule has 0 aliphatic carbocycles. The molecule has 0 fully saturated rings. The van der Waals surface area contributed by atoms with Gasteiger partial charge < -0.3 is 20.5 Å². The van der Waals surface area contributed by atoms with E-state index < -0.39 is 0 Å². The molecule has 0 saturated carbocycles. The number of hydrogen-bond donors (Lipinski definition) is 2. The van der Waals surface area contributed by atoms with Crippen LogP contribution in [0.2, 0.25) is 0 Å². The van der Waals surface area contributed by atoms with Crippen LogP contribution in [0.3, 0.4) is 0 Å². The van der Waals surface area contributed by atoms with Crippen LogP contribution < -0.4 is 51.4 Å². The molecule has 0 rings (SSSR count). The Morgan fingerprint density at radius 1 is 1.43 bits per heavy atom. The molecule has 4 N–H and O–H groups in total. The molecule has 40 valence electrons. The van der Waals surface area contributed by atoms with E-state index in [9.17, 15) is 0 Å². The van der Waals surface area contributed by atoms with E-state index in [0.717, 1.165) is 7.11 Å². The molecular weight excluding hydrogens is 127 g/mol. The van der Waals surface area contributed by atoms with E-state index in [2.05, 4.69) is 0 Å². The molecule has 5 heteroatoms. The second kappa shape index (κ2) is 62.1. The molecule has 0 aromatic heterocycles. The quantitative estimate of drug-likeness (QED) is 0.258. The van der Waals surface area contributed by atoms with Gasteiger partial charge in [0.15, 0.2) is 0 Å². The second-order valence-corrected chi connectivity index (χ2v) is 0.0913. The minimum atomic E-state index is 0. The van der Waals surface area contributed by atoms with Crippen molar-refractivity contribution in [3.05, 3.63) is 0 Å². The van der Waals surface area contributed by atoms with Crippen LogP contribution in [0.15, 0.2) is 0 Å². The number of aliphatic hydroxyl groups excluding tert-OH is 2. The third kappa shape index (κ3) is 169. The molecule has 0 spiro atoms.